The van der Waals surface area contributed by atoms with E-state index in [4.69, 9.17) is 0 Å². The lowest BCUT2D eigenvalue weighted by atomic mass is 9.77. The Morgan fingerprint density at radius 2 is 2.06 bits per heavy atom. The third-order valence-electron chi connectivity index (χ3n) is 3.79. The number of alkyl halides is 3. The summed E-state index contributed by atoms with van der Waals surface area (Å²) in [6, 6.07) is 0. The van der Waals surface area contributed by atoms with Gasteiger partial charge in [-0.05, 0) is 38.8 Å². The van der Waals surface area contributed by atoms with E-state index in [1.165, 1.54) is 0 Å². The Balaban J connectivity index is 2.38. The van der Waals surface area contributed by atoms with Crippen molar-refractivity contribution in [1.82, 2.24) is 4.90 Å². The van der Waals surface area contributed by atoms with Crippen molar-refractivity contribution in [2.24, 2.45) is 5.41 Å². The molecule has 1 saturated heterocycles. The third kappa shape index (κ3) is 5.14. The highest BCUT2D eigenvalue weighted by Crippen LogP contribution is 2.34. The fourth-order valence-corrected chi connectivity index (χ4v) is 2.95. The first kappa shape index (κ1) is 15.8. The molecule has 18 heavy (non-hydrogen) atoms. The average molecular weight is 267 g/mol. The topological polar surface area (TPSA) is 23.5 Å². The number of likely N-dealkylation sites (tertiary alicyclic amines) is 1. The molecule has 0 bridgehead atoms. The maximum Gasteiger partial charge on any atom is 0.389 e. The summed E-state index contributed by atoms with van der Waals surface area (Å²) >= 11 is 0. The van der Waals surface area contributed by atoms with Gasteiger partial charge < -0.3 is 10.0 Å². The van der Waals surface area contributed by atoms with Crippen molar-refractivity contribution in [1.29, 1.82) is 0 Å². The van der Waals surface area contributed by atoms with E-state index in [0.717, 1.165) is 38.8 Å². The SMILES string of the molecule is CCCC1(CO)CCCN(CCCC(F)(F)F)C1. The average Bonchev–Trinajstić information content (AvgIpc) is 2.28. The van der Waals surface area contributed by atoms with Crippen LogP contribution in [0, 0.1) is 5.41 Å². The summed E-state index contributed by atoms with van der Waals surface area (Å²) in [5, 5.41) is 9.54. The Bertz CT molecular complexity index is 241. The van der Waals surface area contributed by atoms with Gasteiger partial charge >= 0.3 is 6.18 Å². The highest BCUT2D eigenvalue weighted by molar-refractivity contribution is 4.86. The van der Waals surface area contributed by atoms with Gasteiger partial charge in [-0.3, -0.25) is 0 Å². The van der Waals surface area contributed by atoms with Crippen LogP contribution in [-0.4, -0.2) is 42.4 Å². The summed E-state index contributed by atoms with van der Waals surface area (Å²) < 4.78 is 36.3. The summed E-state index contributed by atoms with van der Waals surface area (Å²) in [5.74, 6) is 0. The van der Waals surface area contributed by atoms with E-state index in [1.807, 2.05) is 0 Å². The van der Waals surface area contributed by atoms with Crippen molar-refractivity contribution >= 4 is 0 Å². The molecule has 0 aromatic rings. The second kappa shape index (κ2) is 6.75. The minimum atomic E-state index is -4.05. The molecule has 0 aromatic carbocycles. The Morgan fingerprint density at radius 3 is 2.61 bits per heavy atom. The van der Waals surface area contributed by atoms with Gasteiger partial charge in [0.1, 0.15) is 0 Å². The largest absolute Gasteiger partial charge is 0.396 e. The van der Waals surface area contributed by atoms with Gasteiger partial charge in [-0.1, -0.05) is 13.3 Å². The van der Waals surface area contributed by atoms with Crippen LogP contribution in [-0.2, 0) is 0 Å². The van der Waals surface area contributed by atoms with Gasteiger partial charge in [-0.25, -0.2) is 0 Å². The van der Waals surface area contributed by atoms with Crippen molar-refractivity contribution in [2.75, 3.05) is 26.2 Å². The molecule has 1 rings (SSSR count). The van der Waals surface area contributed by atoms with Gasteiger partial charge in [0.25, 0.3) is 0 Å². The van der Waals surface area contributed by atoms with E-state index in [0.29, 0.717) is 6.54 Å². The quantitative estimate of drug-likeness (QED) is 0.799. The van der Waals surface area contributed by atoms with Crippen LogP contribution in [0.1, 0.15) is 45.4 Å². The summed E-state index contributed by atoms with van der Waals surface area (Å²) in [7, 11) is 0. The van der Waals surface area contributed by atoms with Crippen LogP contribution in [0.25, 0.3) is 0 Å². The summed E-state index contributed by atoms with van der Waals surface area (Å²) in [4.78, 5) is 2.08. The van der Waals surface area contributed by atoms with Gasteiger partial charge in [0, 0.05) is 25.0 Å². The molecule has 2 nitrogen and oxygen atoms in total. The maximum absolute atomic E-state index is 12.1. The number of hydrogen-bond acceptors (Lipinski definition) is 2. The van der Waals surface area contributed by atoms with Crippen molar-refractivity contribution in [3.63, 3.8) is 0 Å². The molecule has 5 heteroatoms. The number of nitrogens with zero attached hydrogens (tertiary/aromatic N) is 1. The van der Waals surface area contributed by atoms with Crippen LogP contribution in [0.2, 0.25) is 0 Å². The molecule has 0 spiro atoms. The molecular formula is C13H24F3NO. The van der Waals surface area contributed by atoms with Gasteiger partial charge in [-0.15, -0.1) is 0 Å². The predicted molar refractivity (Wildman–Crippen MR) is 65.4 cm³/mol. The van der Waals surface area contributed by atoms with Crippen molar-refractivity contribution < 1.29 is 18.3 Å². The van der Waals surface area contributed by atoms with Crippen LogP contribution < -0.4 is 0 Å². The summed E-state index contributed by atoms with van der Waals surface area (Å²) in [5.41, 5.74) is -0.0781. The molecule has 1 aliphatic heterocycles. The van der Waals surface area contributed by atoms with Crippen LogP contribution in [0.15, 0.2) is 0 Å². The minimum absolute atomic E-state index is 0.0781. The Kier molecular flexibility index (Phi) is 5.92. The molecule has 0 saturated carbocycles. The molecule has 1 fully saturated rings. The molecule has 0 aliphatic carbocycles. The number of rotatable bonds is 6. The smallest absolute Gasteiger partial charge is 0.389 e. The number of hydrogen-bond donors (Lipinski definition) is 1. The molecule has 0 radical (unpaired) electrons. The number of aliphatic hydroxyl groups excluding tert-OH is 1. The van der Waals surface area contributed by atoms with Gasteiger partial charge in [0.15, 0.2) is 0 Å². The molecule has 1 unspecified atom stereocenters. The standard InChI is InChI=1S/C13H24F3NO/c1-2-5-12(11-18)6-3-8-17(10-12)9-4-7-13(14,15)16/h18H,2-11H2,1H3. The maximum atomic E-state index is 12.1. The first-order chi connectivity index (χ1) is 8.41. The predicted octanol–water partition coefficient (Wildman–Crippen LogP) is 3.20. The molecule has 1 aliphatic rings. The zero-order valence-electron chi connectivity index (χ0n) is 11.1. The summed E-state index contributed by atoms with van der Waals surface area (Å²) in [6.45, 7) is 4.33. The Morgan fingerprint density at radius 1 is 1.33 bits per heavy atom. The monoisotopic (exact) mass is 267 g/mol. The number of halogens is 3. The first-order valence-corrected chi connectivity index (χ1v) is 6.81. The fraction of sp³-hybridized carbons (Fsp3) is 1.00. The highest BCUT2D eigenvalue weighted by atomic mass is 19.4. The van der Waals surface area contributed by atoms with Gasteiger partial charge in [0.2, 0.25) is 0 Å². The van der Waals surface area contributed by atoms with E-state index < -0.39 is 12.6 Å². The second-order valence-corrected chi connectivity index (χ2v) is 5.51. The summed E-state index contributed by atoms with van der Waals surface area (Å²) in [6.07, 6.45) is -0.649. The van der Waals surface area contributed by atoms with Gasteiger partial charge in [-0.2, -0.15) is 13.2 Å². The molecule has 1 atom stereocenters. The van der Waals surface area contributed by atoms with Crippen LogP contribution in [0.4, 0.5) is 13.2 Å². The normalized spacial score (nSPS) is 26.5. The molecule has 0 amide bonds. The minimum Gasteiger partial charge on any atom is -0.396 e. The van der Waals surface area contributed by atoms with Crippen LogP contribution >= 0.6 is 0 Å². The molecule has 1 heterocycles. The lowest BCUT2D eigenvalue weighted by molar-refractivity contribution is -0.136. The third-order valence-corrected chi connectivity index (χ3v) is 3.79. The van der Waals surface area contributed by atoms with E-state index in [-0.39, 0.29) is 18.4 Å². The van der Waals surface area contributed by atoms with Crippen molar-refractivity contribution in [3.8, 4) is 0 Å². The fourth-order valence-electron chi connectivity index (χ4n) is 2.95. The molecule has 108 valence electrons. The Labute approximate surface area is 107 Å². The van der Waals surface area contributed by atoms with E-state index in [9.17, 15) is 18.3 Å². The van der Waals surface area contributed by atoms with E-state index in [2.05, 4.69) is 11.8 Å². The first-order valence-electron chi connectivity index (χ1n) is 6.81. The highest BCUT2D eigenvalue weighted by Gasteiger charge is 2.34. The van der Waals surface area contributed by atoms with Crippen molar-refractivity contribution in [2.45, 2.75) is 51.6 Å². The van der Waals surface area contributed by atoms with Crippen molar-refractivity contribution in [3.05, 3.63) is 0 Å². The number of piperidine rings is 1. The lowest BCUT2D eigenvalue weighted by Crippen LogP contribution is -2.45. The second-order valence-electron chi connectivity index (χ2n) is 5.51. The zero-order valence-corrected chi connectivity index (χ0v) is 11.1. The number of aliphatic hydroxyl groups is 1. The van der Waals surface area contributed by atoms with Crippen LogP contribution in [0.5, 0.6) is 0 Å². The molecular weight excluding hydrogens is 243 g/mol. The zero-order chi connectivity index (χ0) is 13.6. The van der Waals surface area contributed by atoms with Gasteiger partial charge in [0.05, 0.1) is 0 Å². The molecule has 1 N–H and O–H groups in total. The lowest BCUT2D eigenvalue weighted by Gasteiger charge is -2.42. The van der Waals surface area contributed by atoms with Crippen LogP contribution in [0.3, 0.4) is 0 Å². The van der Waals surface area contributed by atoms with E-state index >= 15 is 0 Å². The van der Waals surface area contributed by atoms with E-state index in [1.54, 1.807) is 0 Å². The Hall–Kier alpha value is -0.290. The molecule has 0 aromatic heterocycles.